The monoisotopic (exact) mass is 598 g/mol. The lowest BCUT2D eigenvalue weighted by Crippen LogP contribution is -2.41. The number of carbonyl (C=O) groups excluding carboxylic acids is 2. The Morgan fingerprint density at radius 3 is 1.84 bits per heavy atom. The van der Waals surface area contributed by atoms with Gasteiger partial charge in [-0.2, -0.15) is 0 Å². The van der Waals surface area contributed by atoms with E-state index in [1.807, 2.05) is 4.90 Å². The Hall–Kier alpha value is -0.860. The summed E-state index contributed by atoms with van der Waals surface area (Å²) in [5, 5.41) is 0. The van der Waals surface area contributed by atoms with Gasteiger partial charge in [0.25, 0.3) is 0 Å². The average molecular weight is 600 g/mol. The first-order valence-corrected chi connectivity index (χ1v) is 14.0. The Morgan fingerprint density at radius 2 is 1.46 bits per heavy atom. The number of rotatable bonds is 4. The summed E-state index contributed by atoms with van der Waals surface area (Å²) in [7, 11) is 0. The summed E-state index contributed by atoms with van der Waals surface area (Å²) in [6, 6.07) is 0.0142. The normalized spacial score (nSPS) is 20.1. The average Bonchev–Trinajstić information content (AvgIpc) is 2.87. The second-order valence-corrected chi connectivity index (χ2v) is 11.7. The van der Waals surface area contributed by atoms with E-state index in [1.165, 1.54) is 64.2 Å². The van der Waals surface area contributed by atoms with Gasteiger partial charge in [-0.3, -0.25) is 9.59 Å². The molecule has 2 atom stereocenters. The number of hydrogen-bond acceptors (Lipinski definition) is 5. The van der Waals surface area contributed by atoms with Gasteiger partial charge in [-0.05, 0) is 72.3 Å². The molecule has 3 rings (SSSR count). The smallest absolute Gasteiger partial charge is 0.340 e. The highest BCUT2D eigenvalue weighted by molar-refractivity contribution is 6.66. The minimum atomic E-state index is -1.91. The van der Waals surface area contributed by atoms with Gasteiger partial charge in [0.2, 0.25) is 5.91 Å². The van der Waals surface area contributed by atoms with E-state index in [0.717, 1.165) is 20.0 Å². The van der Waals surface area contributed by atoms with E-state index < -0.39 is 9.95 Å². The van der Waals surface area contributed by atoms with Crippen LogP contribution in [0.15, 0.2) is 0 Å². The molecule has 1 heterocycles. The number of nitrogens with two attached hydrogens (primary N) is 1. The number of ether oxygens (including phenoxy) is 2. The molecule has 0 aromatic heterocycles. The van der Waals surface area contributed by atoms with Gasteiger partial charge in [-0.25, -0.2) is 0 Å². The molecule has 2 N–H and O–H groups in total. The maximum atomic E-state index is 12.2. The minimum absolute atomic E-state index is 0. The highest BCUT2D eigenvalue weighted by atomic mass is 35.6. The Balaban J connectivity index is 0.000000580. The molecule has 0 aromatic carbocycles. The zero-order valence-corrected chi connectivity index (χ0v) is 24.9. The molecule has 0 radical (unpaired) electrons. The van der Waals surface area contributed by atoms with Crippen LogP contribution < -0.4 is 5.73 Å². The van der Waals surface area contributed by atoms with Crippen LogP contribution in [0.2, 0.25) is 0 Å². The first-order valence-electron chi connectivity index (χ1n) is 12.9. The molecular weight excluding hydrogens is 558 g/mol. The van der Waals surface area contributed by atoms with E-state index in [-0.39, 0.29) is 30.3 Å². The Morgan fingerprint density at radius 1 is 0.973 bits per heavy atom. The third kappa shape index (κ3) is 16.7. The molecule has 2 aliphatic carbocycles. The summed E-state index contributed by atoms with van der Waals surface area (Å²) in [5.74, 6) is 6.38. The number of terminal acetylenes is 2. The molecule has 1 aliphatic heterocycles. The van der Waals surface area contributed by atoms with Gasteiger partial charge in [-0.15, -0.1) is 31.2 Å². The van der Waals surface area contributed by atoms with Crippen molar-refractivity contribution in [2.75, 3.05) is 26.3 Å². The molecule has 0 bridgehead atoms. The van der Waals surface area contributed by atoms with Gasteiger partial charge < -0.3 is 20.1 Å². The van der Waals surface area contributed by atoms with Crippen LogP contribution in [0.3, 0.4) is 0 Å². The van der Waals surface area contributed by atoms with Crippen LogP contribution in [0.1, 0.15) is 77.6 Å². The summed E-state index contributed by atoms with van der Waals surface area (Å²) >= 11 is 15.0. The zero-order valence-electron chi connectivity index (χ0n) is 21.8. The van der Waals surface area contributed by atoms with Gasteiger partial charge in [-0.1, -0.05) is 44.4 Å². The van der Waals surface area contributed by atoms with E-state index in [9.17, 15) is 9.59 Å². The fourth-order valence-electron chi connectivity index (χ4n) is 4.82. The number of carbonyl (C=O) groups is 2. The third-order valence-corrected chi connectivity index (χ3v) is 7.03. The summed E-state index contributed by atoms with van der Waals surface area (Å²) in [6.07, 6.45) is 24.2. The van der Waals surface area contributed by atoms with Crippen molar-refractivity contribution >= 4 is 59.1 Å². The molecule has 0 aromatic rings. The molecule has 6 nitrogen and oxygen atoms in total. The lowest BCUT2D eigenvalue weighted by atomic mass is 9.79. The van der Waals surface area contributed by atoms with Crippen LogP contribution in [-0.2, 0) is 19.1 Å². The second-order valence-electron chi connectivity index (χ2n) is 9.50. The number of halogens is 4. The molecule has 3 aliphatic rings. The fourth-order valence-corrected chi connectivity index (χ4v) is 5.15. The van der Waals surface area contributed by atoms with Crippen molar-refractivity contribution in [3.63, 3.8) is 0 Å². The van der Waals surface area contributed by atoms with E-state index in [4.69, 9.17) is 58.1 Å². The second kappa shape index (κ2) is 20.1. The van der Waals surface area contributed by atoms with Gasteiger partial charge in [0.1, 0.15) is 0 Å². The maximum absolute atomic E-state index is 12.2. The van der Waals surface area contributed by atoms with Crippen molar-refractivity contribution in [1.29, 1.82) is 0 Å². The molecule has 37 heavy (non-hydrogen) atoms. The van der Waals surface area contributed by atoms with Crippen molar-refractivity contribution in [3.05, 3.63) is 0 Å². The van der Waals surface area contributed by atoms with E-state index in [0.29, 0.717) is 31.5 Å². The van der Waals surface area contributed by atoms with Crippen molar-refractivity contribution in [2.45, 2.75) is 87.6 Å². The number of alkyl halides is 3. The molecule has 0 spiro atoms. The molecule has 1 saturated heterocycles. The van der Waals surface area contributed by atoms with Gasteiger partial charge in [0, 0.05) is 32.4 Å². The van der Waals surface area contributed by atoms with Crippen LogP contribution in [-0.4, -0.2) is 53.1 Å². The third-order valence-electron chi connectivity index (χ3n) is 6.80. The van der Waals surface area contributed by atoms with Crippen LogP contribution in [0.5, 0.6) is 0 Å². The first-order chi connectivity index (χ1) is 17.1. The maximum Gasteiger partial charge on any atom is 0.340 e. The van der Waals surface area contributed by atoms with E-state index in [1.54, 1.807) is 0 Å². The number of hydrogen-bond donors (Lipinski definition) is 1. The summed E-state index contributed by atoms with van der Waals surface area (Å²) in [5.41, 5.74) is 5.71. The van der Waals surface area contributed by atoms with Crippen LogP contribution in [0, 0.1) is 42.4 Å². The number of amides is 1. The lowest BCUT2D eigenvalue weighted by Gasteiger charge is -2.30. The number of nitrogens with zero attached hydrogens (tertiary/aromatic N) is 1. The van der Waals surface area contributed by atoms with E-state index in [2.05, 4.69) is 16.6 Å². The highest BCUT2D eigenvalue weighted by Crippen LogP contribution is 2.32. The molecule has 2 saturated carbocycles. The highest BCUT2D eigenvalue weighted by Gasteiger charge is 2.27. The van der Waals surface area contributed by atoms with Crippen LogP contribution >= 0.6 is 47.2 Å². The molecule has 10 heteroatoms. The first kappa shape index (κ1) is 36.1. The summed E-state index contributed by atoms with van der Waals surface area (Å²) < 4.78 is 7.45. The summed E-state index contributed by atoms with van der Waals surface area (Å²) in [6.45, 7) is 3.93. The number of morpholine rings is 1. The van der Waals surface area contributed by atoms with Gasteiger partial charge >= 0.3 is 9.95 Å². The van der Waals surface area contributed by atoms with Crippen molar-refractivity contribution in [3.8, 4) is 24.7 Å². The Labute approximate surface area is 244 Å². The minimum Gasteiger partial charge on any atom is -0.415 e. The van der Waals surface area contributed by atoms with Gasteiger partial charge in [0.15, 0.2) is 0 Å². The van der Waals surface area contributed by atoms with Crippen molar-refractivity contribution < 1.29 is 19.1 Å². The molecular formula is C27H42Cl4N2O4. The van der Waals surface area contributed by atoms with Crippen LogP contribution in [0.25, 0.3) is 0 Å². The molecule has 3 fully saturated rings. The molecule has 212 valence electrons. The quantitative estimate of drug-likeness (QED) is 0.247. The van der Waals surface area contributed by atoms with Crippen molar-refractivity contribution in [1.82, 2.24) is 4.90 Å². The standard InChI is InChI=1S/C15H23NO2.C9H15N.C3H3Cl3O2.ClH/c1-2-13(14-6-4-3-5-7-14)12-15(17)16-8-10-18-11-9-16;1-2-9(10)8-6-4-3-5-7-8;1-2(7)8-3(4,5)6;/h1,13-14H,3-12H2;1,8-9H,3-7,10H2;1H3;1H/t13-;9-;;/m01../s1. The SMILES string of the molecule is C#C[C@@H](CC(=O)N1CCOCC1)C1CCCCC1.C#C[C@@H](N)C1CCCCC1.CC(=O)OC(Cl)(Cl)Cl.Cl. The van der Waals surface area contributed by atoms with E-state index >= 15 is 0 Å². The van der Waals surface area contributed by atoms with Crippen LogP contribution in [0.4, 0.5) is 0 Å². The predicted octanol–water partition coefficient (Wildman–Crippen LogP) is 5.89. The molecule has 0 unspecified atom stereocenters. The molecule has 1 amide bonds. The summed E-state index contributed by atoms with van der Waals surface area (Å²) in [4.78, 5) is 24.1. The Bertz CT molecular complexity index is 730. The zero-order chi connectivity index (χ0) is 27.0. The fraction of sp³-hybridized carbons (Fsp3) is 0.778. The predicted molar refractivity (Wildman–Crippen MR) is 154 cm³/mol. The number of esters is 1. The van der Waals surface area contributed by atoms with Gasteiger partial charge in [0.05, 0.1) is 19.3 Å². The topological polar surface area (TPSA) is 81.9 Å². The lowest BCUT2D eigenvalue weighted by molar-refractivity contribution is -0.141. The van der Waals surface area contributed by atoms with Crippen molar-refractivity contribution in [2.24, 2.45) is 23.5 Å². The Kier molecular flexibility index (Phi) is 19.6. The largest absolute Gasteiger partial charge is 0.415 e.